The van der Waals surface area contributed by atoms with Crippen molar-refractivity contribution in [1.82, 2.24) is 9.97 Å². The first-order chi connectivity index (χ1) is 12.7. The highest BCUT2D eigenvalue weighted by atomic mass is 79.9. The summed E-state index contributed by atoms with van der Waals surface area (Å²) in [5.74, 6) is 0.774. The highest BCUT2D eigenvalue weighted by Crippen LogP contribution is 2.22. The van der Waals surface area contributed by atoms with Crippen LogP contribution in [-0.4, -0.2) is 37.9 Å². The van der Waals surface area contributed by atoms with Crippen LogP contribution in [0.5, 0.6) is 0 Å². The normalized spacial score (nSPS) is 14.8. The van der Waals surface area contributed by atoms with Crippen molar-refractivity contribution in [2.75, 3.05) is 23.6 Å². The van der Waals surface area contributed by atoms with Gasteiger partial charge in [-0.15, -0.1) is 0 Å². The molecule has 3 rings (SSSR count). The molecule has 9 heteroatoms. The van der Waals surface area contributed by atoms with Crippen LogP contribution in [0.3, 0.4) is 0 Å². The first-order valence-electron chi connectivity index (χ1n) is 8.73. The molecule has 1 saturated carbocycles. The highest BCUT2D eigenvalue weighted by molar-refractivity contribution is 9.10. The van der Waals surface area contributed by atoms with Crippen molar-refractivity contribution in [3.05, 3.63) is 34.9 Å². The van der Waals surface area contributed by atoms with Gasteiger partial charge in [0.1, 0.15) is 5.82 Å². The molecule has 1 aliphatic rings. The van der Waals surface area contributed by atoms with E-state index in [2.05, 4.69) is 35.6 Å². The van der Waals surface area contributed by atoms with Crippen LogP contribution in [-0.2, 0) is 9.73 Å². The number of rotatable bonds is 3. The van der Waals surface area contributed by atoms with Gasteiger partial charge in [-0.1, -0.05) is 19.3 Å². The average molecular weight is 456 g/mol. The number of nitrogens with one attached hydrogen (secondary N) is 1. The largest absolute Gasteiger partial charge is 0.393 e. The molecule has 0 amide bonds. The zero-order valence-electron chi connectivity index (χ0n) is 15.6. The molecule has 4 N–H and O–H groups in total. The van der Waals surface area contributed by atoms with Gasteiger partial charge in [0.15, 0.2) is 0 Å². The van der Waals surface area contributed by atoms with Gasteiger partial charge in [-0.2, -0.15) is 9.35 Å². The number of aliphatic hydroxyl groups excluding tert-OH is 1. The number of aliphatic hydroxyl groups is 1. The molecule has 2 aromatic rings. The lowest BCUT2D eigenvalue weighted by Crippen LogP contribution is -2.09. The number of nitrogens with zero attached hydrogens (tertiary/aromatic N) is 3. The predicted octanol–water partition coefficient (Wildman–Crippen LogP) is 4.24. The smallest absolute Gasteiger partial charge is 0.229 e. The van der Waals surface area contributed by atoms with Gasteiger partial charge < -0.3 is 16.2 Å². The summed E-state index contributed by atoms with van der Waals surface area (Å²) in [5.41, 5.74) is 7.15. The third-order valence-electron chi connectivity index (χ3n) is 3.79. The first kappa shape index (κ1) is 21.6. The van der Waals surface area contributed by atoms with Crippen LogP contribution in [0, 0.1) is 0 Å². The summed E-state index contributed by atoms with van der Waals surface area (Å²) in [6.45, 7) is 0. The summed E-state index contributed by atoms with van der Waals surface area (Å²) < 4.78 is 16.3. The Morgan fingerprint density at radius 2 is 1.85 bits per heavy atom. The molecular weight excluding hydrogens is 430 g/mol. The lowest BCUT2D eigenvalue weighted by atomic mass is 9.98. The maximum atomic E-state index is 11.6. The van der Waals surface area contributed by atoms with Crippen molar-refractivity contribution in [3.63, 3.8) is 0 Å². The number of hydrogen-bond acceptors (Lipinski definition) is 7. The van der Waals surface area contributed by atoms with E-state index >= 15 is 0 Å². The van der Waals surface area contributed by atoms with Gasteiger partial charge in [0.25, 0.3) is 0 Å². The van der Waals surface area contributed by atoms with E-state index in [0.717, 1.165) is 18.5 Å². The Hall–Kier alpha value is -1.71. The summed E-state index contributed by atoms with van der Waals surface area (Å²) in [7, 11) is -2.15. The van der Waals surface area contributed by atoms with Crippen LogP contribution in [0.2, 0.25) is 0 Å². The third kappa shape index (κ3) is 8.23. The van der Waals surface area contributed by atoms with E-state index in [4.69, 9.17) is 10.8 Å². The van der Waals surface area contributed by atoms with Gasteiger partial charge in [0.2, 0.25) is 5.95 Å². The molecule has 0 aliphatic heterocycles. The molecule has 0 unspecified atom stereocenters. The fourth-order valence-electron chi connectivity index (χ4n) is 2.51. The summed E-state index contributed by atoms with van der Waals surface area (Å²) in [4.78, 5) is 8.19. The number of nitrogen functional groups attached to an aromatic ring is 1. The molecule has 1 aromatic carbocycles. The van der Waals surface area contributed by atoms with E-state index < -0.39 is 9.73 Å². The van der Waals surface area contributed by atoms with Crippen LogP contribution in [0.1, 0.15) is 32.1 Å². The number of anilines is 3. The SMILES string of the molecule is CS(C)(=O)=Nc1ccc(Nc2ncc(Br)c(N)n2)cc1.OC1CCCCC1. The molecule has 1 heterocycles. The van der Waals surface area contributed by atoms with E-state index in [9.17, 15) is 4.21 Å². The van der Waals surface area contributed by atoms with Crippen LogP contribution in [0.4, 0.5) is 23.1 Å². The molecule has 27 heavy (non-hydrogen) atoms. The van der Waals surface area contributed by atoms with Crippen molar-refractivity contribution in [2.45, 2.75) is 38.2 Å². The Labute approximate surface area is 169 Å². The summed E-state index contributed by atoms with van der Waals surface area (Å²) in [6.07, 6.45) is 10.7. The van der Waals surface area contributed by atoms with Crippen molar-refractivity contribution in [2.24, 2.45) is 4.36 Å². The topological polar surface area (TPSA) is 113 Å². The molecule has 1 aromatic heterocycles. The Morgan fingerprint density at radius 3 is 2.33 bits per heavy atom. The minimum Gasteiger partial charge on any atom is -0.393 e. The fourth-order valence-corrected chi connectivity index (χ4v) is 3.33. The van der Waals surface area contributed by atoms with E-state index in [-0.39, 0.29) is 6.10 Å². The zero-order valence-corrected chi connectivity index (χ0v) is 18.0. The van der Waals surface area contributed by atoms with Gasteiger partial charge in [0.05, 0.1) is 16.3 Å². The Kier molecular flexibility index (Phi) is 8.00. The van der Waals surface area contributed by atoms with Crippen LogP contribution in [0.25, 0.3) is 0 Å². The first-order valence-corrected chi connectivity index (χ1v) is 11.9. The maximum absolute atomic E-state index is 11.6. The standard InChI is InChI=1S/C12H14BrN5OS.C6H12O/c1-20(2,19)18-9-5-3-8(4-6-9)16-12-15-7-10(13)11(14)17-12;7-6-4-2-1-3-5-6/h3-7H,1-2H3,(H3,14,15,16,17);6-7H,1-5H2. The number of nitrogens with two attached hydrogens (primary N) is 1. The number of aromatic nitrogens is 2. The van der Waals surface area contributed by atoms with Gasteiger partial charge in [-0.05, 0) is 53.0 Å². The zero-order chi connectivity index (χ0) is 19.9. The second-order valence-electron chi connectivity index (χ2n) is 6.66. The van der Waals surface area contributed by atoms with Gasteiger partial charge in [-0.25, -0.2) is 9.19 Å². The minimum atomic E-state index is -2.15. The lowest BCUT2D eigenvalue weighted by molar-refractivity contribution is 0.130. The summed E-state index contributed by atoms with van der Waals surface area (Å²) in [5, 5.41) is 11.9. The second kappa shape index (κ2) is 10.0. The third-order valence-corrected chi connectivity index (χ3v) is 5.06. The van der Waals surface area contributed by atoms with Crippen LogP contribution >= 0.6 is 15.9 Å². The van der Waals surface area contributed by atoms with Crippen molar-refractivity contribution in [1.29, 1.82) is 0 Å². The van der Waals surface area contributed by atoms with E-state index in [1.165, 1.54) is 19.3 Å². The molecule has 0 radical (unpaired) electrons. The van der Waals surface area contributed by atoms with E-state index in [1.54, 1.807) is 30.8 Å². The quantitative estimate of drug-likeness (QED) is 0.637. The highest BCUT2D eigenvalue weighted by Gasteiger charge is 2.07. The Morgan fingerprint density at radius 1 is 1.22 bits per heavy atom. The van der Waals surface area contributed by atoms with Crippen molar-refractivity contribution in [3.8, 4) is 0 Å². The molecular formula is C18H26BrN5O2S. The molecule has 1 fully saturated rings. The number of benzene rings is 1. The number of halogens is 1. The van der Waals surface area contributed by atoms with Crippen LogP contribution in [0.15, 0.2) is 39.3 Å². The molecule has 0 spiro atoms. The van der Waals surface area contributed by atoms with Gasteiger partial charge in [-0.3, -0.25) is 0 Å². The minimum absolute atomic E-state index is 0.0359. The predicted molar refractivity (Wildman–Crippen MR) is 115 cm³/mol. The maximum Gasteiger partial charge on any atom is 0.229 e. The molecule has 0 atom stereocenters. The summed E-state index contributed by atoms with van der Waals surface area (Å²) >= 11 is 3.23. The van der Waals surface area contributed by atoms with E-state index in [1.807, 2.05) is 12.1 Å². The van der Waals surface area contributed by atoms with Crippen molar-refractivity contribution < 1.29 is 9.32 Å². The van der Waals surface area contributed by atoms with E-state index in [0.29, 0.717) is 21.9 Å². The van der Waals surface area contributed by atoms with Gasteiger partial charge in [0, 0.05) is 34.1 Å². The molecule has 0 saturated heterocycles. The average Bonchev–Trinajstić information content (AvgIpc) is 2.60. The molecule has 148 valence electrons. The molecule has 7 nitrogen and oxygen atoms in total. The Bertz CT molecular complexity index is 853. The lowest BCUT2D eigenvalue weighted by Gasteiger charge is -2.14. The number of hydrogen-bond donors (Lipinski definition) is 3. The molecule has 1 aliphatic carbocycles. The molecule has 0 bridgehead atoms. The second-order valence-corrected chi connectivity index (χ2v) is 10.1. The Balaban J connectivity index is 0.000000313. The summed E-state index contributed by atoms with van der Waals surface area (Å²) in [6, 6.07) is 7.17. The van der Waals surface area contributed by atoms with Crippen molar-refractivity contribution >= 4 is 48.8 Å². The van der Waals surface area contributed by atoms with Crippen LogP contribution < -0.4 is 11.1 Å². The fraction of sp³-hybridized carbons (Fsp3) is 0.444. The van der Waals surface area contributed by atoms with Gasteiger partial charge >= 0.3 is 0 Å². The monoisotopic (exact) mass is 455 g/mol.